The van der Waals surface area contributed by atoms with Crippen LogP contribution in [-0.4, -0.2) is 12.0 Å². The van der Waals surface area contributed by atoms with Crippen molar-refractivity contribution in [3.63, 3.8) is 0 Å². The SMILES string of the molecule is CC[C@@H](Oc1ccc(C)cc1C)C(=O)Nc1ccc(F)c(Cl)c1. The number of amides is 1. The van der Waals surface area contributed by atoms with E-state index in [9.17, 15) is 9.18 Å². The van der Waals surface area contributed by atoms with E-state index >= 15 is 0 Å². The predicted octanol–water partition coefficient (Wildman–Crippen LogP) is 4.89. The maximum Gasteiger partial charge on any atom is 0.265 e. The van der Waals surface area contributed by atoms with Gasteiger partial charge in [-0.3, -0.25) is 4.79 Å². The van der Waals surface area contributed by atoms with E-state index in [0.717, 1.165) is 11.1 Å². The fourth-order valence-corrected chi connectivity index (χ4v) is 2.38. The van der Waals surface area contributed by atoms with Gasteiger partial charge in [0.25, 0.3) is 5.91 Å². The molecule has 0 saturated carbocycles. The molecule has 5 heteroatoms. The van der Waals surface area contributed by atoms with Gasteiger partial charge in [0.15, 0.2) is 6.10 Å². The zero-order chi connectivity index (χ0) is 17.0. The molecule has 1 amide bonds. The Balaban J connectivity index is 2.10. The minimum Gasteiger partial charge on any atom is -0.480 e. The van der Waals surface area contributed by atoms with Crippen molar-refractivity contribution < 1.29 is 13.9 Å². The molecule has 0 aliphatic carbocycles. The van der Waals surface area contributed by atoms with Crippen LogP contribution in [0, 0.1) is 19.7 Å². The van der Waals surface area contributed by atoms with Gasteiger partial charge in [-0.2, -0.15) is 0 Å². The molecule has 0 saturated heterocycles. The van der Waals surface area contributed by atoms with Gasteiger partial charge in [0.05, 0.1) is 5.02 Å². The molecule has 0 aliphatic rings. The van der Waals surface area contributed by atoms with Crippen molar-refractivity contribution >= 4 is 23.2 Å². The molecule has 23 heavy (non-hydrogen) atoms. The fourth-order valence-electron chi connectivity index (χ4n) is 2.20. The molecule has 2 aromatic carbocycles. The van der Waals surface area contributed by atoms with Crippen LogP contribution in [-0.2, 0) is 4.79 Å². The third-order valence-corrected chi connectivity index (χ3v) is 3.74. The van der Waals surface area contributed by atoms with Crippen LogP contribution in [0.4, 0.5) is 10.1 Å². The van der Waals surface area contributed by atoms with E-state index in [1.54, 1.807) is 0 Å². The highest BCUT2D eigenvalue weighted by Crippen LogP contribution is 2.23. The highest BCUT2D eigenvalue weighted by Gasteiger charge is 2.19. The average molecular weight is 336 g/mol. The molecular formula is C18H19ClFNO2. The number of carbonyl (C=O) groups is 1. The van der Waals surface area contributed by atoms with Crippen LogP contribution in [0.3, 0.4) is 0 Å². The van der Waals surface area contributed by atoms with Gasteiger partial charge in [-0.25, -0.2) is 4.39 Å². The summed E-state index contributed by atoms with van der Waals surface area (Å²) in [5.41, 5.74) is 2.54. The molecule has 0 bridgehead atoms. The lowest BCUT2D eigenvalue weighted by Gasteiger charge is -2.19. The Labute approximate surface area is 140 Å². The summed E-state index contributed by atoms with van der Waals surface area (Å²) < 4.78 is 19.0. The summed E-state index contributed by atoms with van der Waals surface area (Å²) in [7, 11) is 0. The summed E-state index contributed by atoms with van der Waals surface area (Å²) in [5.74, 6) is -0.145. The normalized spacial score (nSPS) is 11.9. The number of aryl methyl sites for hydroxylation is 2. The van der Waals surface area contributed by atoms with Crippen LogP contribution in [0.15, 0.2) is 36.4 Å². The highest BCUT2D eigenvalue weighted by molar-refractivity contribution is 6.31. The van der Waals surface area contributed by atoms with Crippen LogP contribution in [0.5, 0.6) is 5.75 Å². The van der Waals surface area contributed by atoms with Gasteiger partial charge in [0.1, 0.15) is 11.6 Å². The second-order valence-electron chi connectivity index (χ2n) is 5.40. The van der Waals surface area contributed by atoms with Crippen molar-refractivity contribution in [1.29, 1.82) is 0 Å². The number of hydrogen-bond donors (Lipinski definition) is 1. The van der Waals surface area contributed by atoms with E-state index in [1.165, 1.54) is 18.2 Å². The lowest BCUT2D eigenvalue weighted by Crippen LogP contribution is -2.32. The predicted molar refractivity (Wildman–Crippen MR) is 90.7 cm³/mol. The molecule has 0 heterocycles. The summed E-state index contributed by atoms with van der Waals surface area (Å²) in [6.07, 6.45) is -0.131. The summed E-state index contributed by atoms with van der Waals surface area (Å²) in [6.45, 7) is 5.80. The zero-order valence-electron chi connectivity index (χ0n) is 13.3. The van der Waals surface area contributed by atoms with Crippen LogP contribution in [0.1, 0.15) is 24.5 Å². The van der Waals surface area contributed by atoms with Crippen LogP contribution in [0.25, 0.3) is 0 Å². The number of ether oxygens (including phenoxy) is 1. The van der Waals surface area contributed by atoms with Crippen molar-refractivity contribution in [1.82, 2.24) is 0 Å². The van der Waals surface area contributed by atoms with Crippen molar-refractivity contribution in [2.75, 3.05) is 5.32 Å². The minimum absolute atomic E-state index is 0.0360. The molecule has 122 valence electrons. The number of halogens is 2. The first-order valence-corrected chi connectivity index (χ1v) is 7.78. The number of rotatable bonds is 5. The third-order valence-electron chi connectivity index (χ3n) is 3.45. The minimum atomic E-state index is -0.639. The molecule has 0 radical (unpaired) electrons. The van der Waals surface area contributed by atoms with E-state index in [-0.39, 0.29) is 10.9 Å². The van der Waals surface area contributed by atoms with Gasteiger partial charge >= 0.3 is 0 Å². The lowest BCUT2D eigenvalue weighted by atomic mass is 10.1. The van der Waals surface area contributed by atoms with Crippen LogP contribution >= 0.6 is 11.6 Å². The van der Waals surface area contributed by atoms with Gasteiger partial charge in [0, 0.05) is 5.69 Å². The molecule has 0 spiro atoms. The molecule has 0 aliphatic heterocycles. The summed E-state index contributed by atoms with van der Waals surface area (Å²) in [5, 5.41) is 2.66. The molecule has 1 atom stereocenters. The van der Waals surface area contributed by atoms with Crippen molar-refractivity contribution in [2.24, 2.45) is 0 Å². The Kier molecular flexibility index (Phi) is 5.61. The number of hydrogen-bond acceptors (Lipinski definition) is 2. The van der Waals surface area contributed by atoms with Crippen LogP contribution in [0.2, 0.25) is 5.02 Å². The highest BCUT2D eigenvalue weighted by atomic mass is 35.5. The monoisotopic (exact) mass is 335 g/mol. The molecule has 2 aromatic rings. The Morgan fingerprint density at radius 3 is 2.61 bits per heavy atom. The Bertz CT molecular complexity index is 718. The second kappa shape index (κ2) is 7.47. The standard InChI is InChI=1S/C18H19ClFNO2/c1-4-16(23-17-8-5-11(2)9-12(17)3)18(22)21-13-6-7-15(20)14(19)10-13/h5-10,16H,4H2,1-3H3,(H,21,22)/t16-/m1/s1. The first-order chi connectivity index (χ1) is 10.9. The third kappa shape index (κ3) is 4.45. The Morgan fingerprint density at radius 2 is 2.00 bits per heavy atom. The van der Waals surface area contributed by atoms with Crippen molar-refractivity contribution in [3.05, 3.63) is 58.4 Å². The van der Waals surface area contributed by atoms with Crippen molar-refractivity contribution in [2.45, 2.75) is 33.3 Å². The van der Waals surface area contributed by atoms with E-state index in [1.807, 2.05) is 39.0 Å². The summed E-state index contributed by atoms with van der Waals surface area (Å²) in [4.78, 5) is 12.3. The molecular weight excluding hydrogens is 317 g/mol. The Morgan fingerprint density at radius 1 is 1.26 bits per heavy atom. The van der Waals surface area contributed by atoms with Crippen molar-refractivity contribution in [3.8, 4) is 5.75 Å². The lowest BCUT2D eigenvalue weighted by molar-refractivity contribution is -0.122. The quantitative estimate of drug-likeness (QED) is 0.844. The molecule has 0 aromatic heterocycles. The topological polar surface area (TPSA) is 38.3 Å². The van der Waals surface area contributed by atoms with Gasteiger partial charge in [-0.05, 0) is 50.1 Å². The molecule has 2 rings (SSSR count). The molecule has 3 nitrogen and oxygen atoms in total. The summed E-state index contributed by atoms with van der Waals surface area (Å²) >= 11 is 5.72. The van der Waals surface area contributed by atoms with Gasteiger partial charge in [-0.15, -0.1) is 0 Å². The summed E-state index contributed by atoms with van der Waals surface area (Å²) in [6, 6.07) is 9.84. The zero-order valence-corrected chi connectivity index (χ0v) is 14.1. The second-order valence-corrected chi connectivity index (χ2v) is 5.81. The van der Waals surface area contributed by atoms with Gasteiger partial charge in [-0.1, -0.05) is 36.2 Å². The smallest absolute Gasteiger partial charge is 0.265 e. The maximum absolute atomic E-state index is 13.2. The first kappa shape index (κ1) is 17.3. The largest absolute Gasteiger partial charge is 0.480 e. The van der Waals surface area contributed by atoms with E-state index in [4.69, 9.17) is 16.3 Å². The fraction of sp³-hybridized carbons (Fsp3) is 0.278. The van der Waals surface area contributed by atoms with Gasteiger partial charge in [0.2, 0.25) is 0 Å². The molecule has 1 N–H and O–H groups in total. The number of anilines is 1. The number of benzene rings is 2. The number of nitrogens with one attached hydrogen (secondary N) is 1. The molecule has 0 unspecified atom stereocenters. The van der Waals surface area contributed by atoms with Gasteiger partial charge < -0.3 is 10.1 Å². The van der Waals surface area contributed by atoms with E-state index < -0.39 is 11.9 Å². The maximum atomic E-state index is 13.2. The van der Waals surface area contributed by atoms with E-state index in [2.05, 4.69) is 5.32 Å². The van der Waals surface area contributed by atoms with Crippen LogP contribution < -0.4 is 10.1 Å². The average Bonchev–Trinajstić information content (AvgIpc) is 2.50. The number of carbonyl (C=O) groups excluding carboxylic acids is 1. The Hall–Kier alpha value is -2.07. The van der Waals surface area contributed by atoms with E-state index in [0.29, 0.717) is 17.9 Å². The first-order valence-electron chi connectivity index (χ1n) is 7.40. The molecule has 0 fully saturated rings.